The van der Waals surface area contributed by atoms with E-state index in [9.17, 15) is 54.9 Å². The highest BCUT2D eigenvalue weighted by Crippen LogP contribution is 2.49. The summed E-state index contributed by atoms with van der Waals surface area (Å²) in [6.45, 7) is 3.26. The number of phenolic OH excluding ortho intramolecular Hbond substituents is 1. The van der Waals surface area contributed by atoms with Crippen molar-refractivity contribution < 1.29 is 78.7 Å². The highest BCUT2D eigenvalue weighted by Gasteiger charge is 2.75. The van der Waals surface area contributed by atoms with Gasteiger partial charge >= 0.3 is 11.9 Å². The van der Waals surface area contributed by atoms with Crippen LogP contribution >= 0.6 is 0 Å². The molecular formula is C48H50N3O16+. The highest BCUT2D eigenvalue weighted by atomic mass is 16.8. The smallest absolute Gasteiger partial charge is 0.335 e. The Morgan fingerprint density at radius 1 is 1.04 bits per heavy atom. The number of aliphatic hydroxyl groups is 5. The van der Waals surface area contributed by atoms with E-state index in [0.29, 0.717) is 28.8 Å². The number of rotatable bonds is 17. The summed E-state index contributed by atoms with van der Waals surface area (Å²) in [5.74, 6) is -3.10. The van der Waals surface area contributed by atoms with Crippen molar-refractivity contribution in [3.05, 3.63) is 123 Å². The number of allylic oxidation sites excluding steroid dienone is 1. The van der Waals surface area contributed by atoms with Crippen LogP contribution in [0.4, 0.5) is 0 Å². The number of hydrogen-bond acceptors (Lipinski definition) is 17. The molecule has 1 unspecified atom stereocenters. The van der Waals surface area contributed by atoms with Crippen molar-refractivity contribution in [2.45, 2.75) is 87.2 Å². The van der Waals surface area contributed by atoms with E-state index in [4.69, 9.17) is 23.5 Å². The average molecular weight is 925 g/mol. The Labute approximate surface area is 382 Å². The van der Waals surface area contributed by atoms with Crippen molar-refractivity contribution in [2.24, 2.45) is 4.99 Å². The maximum absolute atomic E-state index is 13.7. The maximum Gasteiger partial charge on any atom is 0.335 e. The summed E-state index contributed by atoms with van der Waals surface area (Å²) in [7, 11) is 0. The van der Waals surface area contributed by atoms with E-state index in [1.54, 1.807) is 24.4 Å². The minimum absolute atomic E-state index is 0.00267. The number of carbonyl (C=O) groups excluding carboxylic acids is 2. The quantitative estimate of drug-likeness (QED) is 0.0230. The number of phenols is 1. The van der Waals surface area contributed by atoms with E-state index in [1.165, 1.54) is 36.6 Å². The second-order valence-electron chi connectivity index (χ2n) is 16.9. The van der Waals surface area contributed by atoms with Gasteiger partial charge in [-0.25, -0.2) is 14.6 Å². The summed E-state index contributed by atoms with van der Waals surface area (Å²) in [5.41, 5.74) is -1.44. The van der Waals surface area contributed by atoms with Crippen molar-refractivity contribution in [1.82, 2.24) is 5.32 Å². The zero-order valence-corrected chi connectivity index (χ0v) is 36.3. The van der Waals surface area contributed by atoms with E-state index >= 15 is 0 Å². The molecule has 4 aliphatic rings. The molecule has 1 aromatic heterocycles. The van der Waals surface area contributed by atoms with Gasteiger partial charge in [-0.15, -0.1) is 0 Å². The van der Waals surface area contributed by atoms with Gasteiger partial charge in [0.1, 0.15) is 60.2 Å². The molecule has 1 fully saturated rings. The molecule has 352 valence electrons. The van der Waals surface area contributed by atoms with Crippen LogP contribution in [0, 0.1) is 13.8 Å². The zero-order valence-electron chi connectivity index (χ0n) is 36.3. The maximum atomic E-state index is 13.7. The summed E-state index contributed by atoms with van der Waals surface area (Å²) in [6, 6.07) is 13.9. The van der Waals surface area contributed by atoms with Gasteiger partial charge < -0.3 is 59.2 Å². The van der Waals surface area contributed by atoms with E-state index < -0.39 is 84.4 Å². The Bertz CT molecular complexity index is 2730. The van der Waals surface area contributed by atoms with E-state index in [-0.39, 0.29) is 59.0 Å². The molecule has 10 atom stereocenters. The Morgan fingerprint density at radius 2 is 1.79 bits per heavy atom. The molecule has 3 aliphatic heterocycles. The standard InChI is InChI=1S/C48H49N3O16/c1-25-19-26(2)21-29(20-25)40-38-28(14-16-50-38)23-51(40)67-43-46(64-31-10-11-32-35(22-31)63-24-33(41(32)57)27-6-8-30(54)9-7-27)66-42-34(65-45(60)39(44(58)59)49-15-4-18-53)12-13-37(56)47(42,61)48(43,62)36(55)5-3-17-52/h6-14,16,18-22,24,34,36-37,39,42-43,46,49,52,54-56,61-62H,3-5,15,17,23H2,1-2H3,(H,58,59)/p+1/t34-,36-,37-,39-,42+,43-,46+,47+,48+/m1/s1. The summed E-state index contributed by atoms with van der Waals surface area (Å²) in [6.07, 6.45) is -5.22. The Kier molecular flexibility index (Phi) is 13.4. The monoisotopic (exact) mass is 924 g/mol. The molecule has 0 spiro atoms. The van der Waals surface area contributed by atoms with Crippen LogP contribution in [0.1, 0.15) is 36.0 Å². The third-order valence-electron chi connectivity index (χ3n) is 12.4. The first kappa shape index (κ1) is 47.1. The summed E-state index contributed by atoms with van der Waals surface area (Å²) in [4.78, 5) is 61.9. The number of aliphatic hydroxyl groups excluding tert-OH is 3. The minimum atomic E-state index is -3.05. The third-order valence-corrected chi connectivity index (χ3v) is 12.4. The molecule has 0 bridgehead atoms. The Balaban J connectivity index is 1.25. The van der Waals surface area contributed by atoms with Gasteiger partial charge in [0.25, 0.3) is 0 Å². The number of carbonyl (C=O) groups is 3. The SMILES string of the molecule is Cc1cc(C)cc(C2=C3N=CC=C3C[NH+]2O[C@@H]2[C@@H](Oc3ccc4c(=O)c(-c5ccc(O)cc5)coc4c3)O[C@H]3[C@H](OC(=O)[C@H](NCCC=O)C(=O)O)C=C[C@@H](O)[C@@]3(O)[C@]2(O)[C@H](O)CCCO)c1. The number of aromatic hydroxyl groups is 1. The molecule has 67 heavy (non-hydrogen) atoms. The van der Waals surface area contributed by atoms with Crippen LogP contribution in [-0.2, 0) is 28.7 Å². The highest BCUT2D eigenvalue weighted by molar-refractivity contribution is 5.98. The molecule has 0 amide bonds. The predicted molar refractivity (Wildman–Crippen MR) is 236 cm³/mol. The number of ether oxygens (including phenoxy) is 3. The number of aliphatic imine (C=N–C) groups is 1. The van der Waals surface area contributed by atoms with Crippen molar-refractivity contribution in [2.75, 3.05) is 19.7 Å². The van der Waals surface area contributed by atoms with Crippen LogP contribution in [0.15, 0.2) is 111 Å². The van der Waals surface area contributed by atoms with E-state index in [0.717, 1.165) is 28.9 Å². The number of nitrogens with one attached hydrogen (secondary N) is 2. The number of carboxylic acid groups (broad SMARTS) is 1. The normalized spacial score (nSPS) is 27.3. The number of aryl methyl sites for hydroxylation is 2. The van der Waals surface area contributed by atoms with Crippen LogP contribution in [0.3, 0.4) is 0 Å². The summed E-state index contributed by atoms with van der Waals surface area (Å²) in [5, 5.41) is 82.7. The number of carboxylic acids is 1. The molecular weight excluding hydrogens is 875 g/mol. The van der Waals surface area contributed by atoms with Crippen LogP contribution in [0.2, 0.25) is 0 Å². The first-order valence-corrected chi connectivity index (χ1v) is 21.6. The molecule has 8 rings (SSSR count). The van der Waals surface area contributed by atoms with E-state index in [1.807, 2.05) is 32.0 Å². The van der Waals surface area contributed by atoms with Crippen molar-refractivity contribution in [1.29, 1.82) is 0 Å². The number of quaternary nitrogens is 1. The van der Waals surface area contributed by atoms with Gasteiger partial charge in [0, 0.05) is 43.0 Å². The largest absolute Gasteiger partial charge is 0.508 e. The van der Waals surface area contributed by atoms with Gasteiger partial charge in [-0.05, 0) is 80.8 Å². The van der Waals surface area contributed by atoms with Gasteiger partial charge in [0.05, 0.1) is 17.1 Å². The first-order valence-electron chi connectivity index (χ1n) is 21.6. The third kappa shape index (κ3) is 8.72. The molecule has 4 heterocycles. The molecule has 19 nitrogen and oxygen atoms in total. The van der Waals surface area contributed by atoms with Crippen molar-refractivity contribution in [3.63, 3.8) is 0 Å². The lowest BCUT2D eigenvalue weighted by atomic mass is 9.63. The number of fused-ring (bicyclic) bond motifs is 3. The zero-order chi connectivity index (χ0) is 47.8. The topological polar surface area (TPSA) is 289 Å². The second kappa shape index (κ2) is 19.1. The summed E-state index contributed by atoms with van der Waals surface area (Å²) >= 11 is 0. The van der Waals surface area contributed by atoms with Gasteiger partial charge in [-0.2, -0.15) is 9.90 Å². The molecule has 9 N–H and O–H groups in total. The number of nitrogens with zero attached hydrogens (tertiary/aromatic N) is 1. The van der Waals surface area contributed by atoms with E-state index in [2.05, 4.69) is 10.3 Å². The second-order valence-corrected chi connectivity index (χ2v) is 16.9. The van der Waals surface area contributed by atoms with Crippen LogP contribution in [0.5, 0.6) is 11.5 Å². The van der Waals surface area contributed by atoms with Gasteiger partial charge in [-0.3, -0.25) is 10.1 Å². The molecule has 0 radical (unpaired) electrons. The van der Waals surface area contributed by atoms with Crippen LogP contribution in [-0.4, -0.2) is 134 Å². The molecule has 3 aromatic carbocycles. The molecule has 4 aromatic rings. The number of esters is 1. The lowest BCUT2D eigenvalue weighted by molar-refractivity contribution is -1.04. The Hall–Kier alpha value is -6.39. The average Bonchev–Trinajstić information content (AvgIpc) is 3.89. The number of aldehydes is 1. The molecule has 0 saturated carbocycles. The lowest BCUT2D eigenvalue weighted by Gasteiger charge is -2.59. The van der Waals surface area contributed by atoms with Crippen molar-refractivity contribution >= 4 is 41.1 Å². The minimum Gasteiger partial charge on any atom is -0.508 e. The predicted octanol–water partition coefficient (Wildman–Crippen LogP) is 0.534. The lowest BCUT2D eigenvalue weighted by Crippen LogP contribution is -3.09. The molecule has 1 aliphatic carbocycles. The van der Waals surface area contributed by atoms with Crippen LogP contribution in [0.25, 0.3) is 27.8 Å². The fraction of sp³-hybridized carbons (Fsp3) is 0.354. The van der Waals surface area contributed by atoms with Gasteiger partial charge in [-0.1, -0.05) is 35.4 Å². The first-order chi connectivity index (χ1) is 32.1. The fourth-order valence-electron chi connectivity index (χ4n) is 9.19. The molecule has 1 saturated heterocycles. The fourth-order valence-corrected chi connectivity index (χ4v) is 9.19. The van der Waals surface area contributed by atoms with Gasteiger partial charge in [0.2, 0.25) is 18.4 Å². The number of benzene rings is 3. The molecule has 19 heteroatoms. The van der Waals surface area contributed by atoms with Gasteiger partial charge in [0.15, 0.2) is 22.3 Å². The van der Waals surface area contributed by atoms with Crippen molar-refractivity contribution in [3.8, 4) is 22.6 Å². The van der Waals surface area contributed by atoms with Crippen LogP contribution < -0.4 is 20.5 Å². The summed E-state index contributed by atoms with van der Waals surface area (Å²) < 4.78 is 24.5. The Morgan fingerprint density at radius 3 is 2.49 bits per heavy atom. The number of hydroxylamine groups is 2. The number of aliphatic carboxylic acids is 1. The number of hydrogen-bond donors (Lipinski definition) is 9.